The Hall–Kier alpha value is -0.610. The van der Waals surface area contributed by atoms with Gasteiger partial charge in [0.1, 0.15) is 0 Å². The number of likely N-dealkylation sites (tertiary alicyclic amines) is 2. The summed E-state index contributed by atoms with van der Waals surface area (Å²) in [5.74, 6) is 0.341. The number of nitrogens with two attached hydrogens (primary N) is 1. The van der Waals surface area contributed by atoms with Gasteiger partial charge < -0.3 is 10.6 Å². The Bertz CT molecular complexity index is 334. The number of nitrogens with zero attached hydrogens (tertiary/aromatic N) is 2. The smallest absolute Gasteiger partial charge is 0.236 e. The molecule has 1 spiro atoms. The molecule has 2 aliphatic heterocycles. The number of carbonyl (C=O) groups is 1. The Morgan fingerprint density at radius 3 is 2.20 bits per heavy atom. The molecule has 0 aromatic carbocycles. The zero-order valence-electron chi connectivity index (χ0n) is 12.6. The lowest BCUT2D eigenvalue weighted by molar-refractivity contribution is -0.135. The van der Waals surface area contributed by atoms with E-state index in [1.165, 1.54) is 38.5 Å². The maximum atomic E-state index is 12.4. The van der Waals surface area contributed by atoms with Gasteiger partial charge in [-0.15, -0.1) is 0 Å². The quantitative estimate of drug-likeness (QED) is 0.835. The van der Waals surface area contributed by atoms with E-state index in [4.69, 9.17) is 5.73 Å². The molecule has 1 aliphatic carbocycles. The standard InChI is InChI=1S/C16H29N3O/c17-14-3-9-18(10-4-14)13-15(20)19-11-7-16(8-12-19)5-1-2-6-16/h14H,1-13,17H2. The molecule has 0 aromatic rings. The summed E-state index contributed by atoms with van der Waals surface area (Å²) in [6.45, 7) is 4.58. The van der Waals surface area contributed by atoms with Gasteiger partial charge in [-0.2, -0.15) is 0 Å². The molecule has 0 aromatic heterocycles. The van der Waals surface area contributed by atoms with Crippen LogP contribution in [-0.4, -0.2) is 54.5 Å². The van der Waals surface area contributed by atoms with Crippen LogP contribution in [0.5, 0.6) is 0 Å². The molecule has 0 unspecified atom stereocenters. The van der Waals surface area contributed by atoms with Crippen molar-refractivity contribution in [1.29, 1.82) is 0 Å². The number of amides is 1. The van der Waals surface area contributed by atoms with Gasteiger partial charge in [-0.3, -0.25) is 9.69 Å². The first-order valence-corrected chi connectivity index (χ1v) is 8.43. The fraction of sp³-hybridized carbons (Fsp3) is 0.938. The zero-order chi connectivity index (χ0) is 14.0. The lowest BCUT2D eigenvalue weighted by atomic mass is 9.77. The van der Waals surface area contributed by atoms with E-state index in [0.29, 0.717) is 23.9 Å². The van der Waals surface area contributed by atoms with E-state index in [1.807, 2.05) is 0 Å². The lowest BCUT2D eigenvalue weighted by Gasteiger charge is -2.40. The third kappa shape index (κ3) is 3.17. The van der Waals surface area contributed by atoms with Gasteiger partial charge in [-0.25, -0.2) is 0 Å². The Morgan fingerprint density at radius 2 is 1.60 bits per heavy atom. The van der Waals surface area contributed by atoms with Crippen LogP contribution in [0.2, 0.25) is 0 Å². The molecular weight excluding hydrogens is 250 g/mol. The molecule has 4 nitrogen and oxygen atoms in total. The first-order chi connectivity index (χ1) is 9.67. The highest BCUT2D eigenvalue weighted by Crippen LogP contribution is 2.46. The number of carbonyl (C=O) groups excluding carboxylic acids is 1. The number of hydrogen-bond donors (Lipinski definition) is 1. The van der Waals surface area contributed by atoms with Crippen molar-refractivity contribution in [2.45, 2.75) is 57.4 Å². The molecule has 3 aliphatic rings. The molecule has 4 heteroatoms. The molecule has 3 rings (SSSR count). The first-order valence-electron chi connectivity index (χ1n) is 8.43. The second kappa shape index (κ2) is 6.02. The fourth-order valence-corrected chi connectivity index (χ4v) is 4.26. The minimum Gasteiger partial charge on any atom is -0.342 e. The maximum absolute atomic E-state index is 12.4. The van der Waals surface area contributed by atoms with Crippen molar-refractivity contribution in [3.8, 4) is 0 Å². The summed E-state index contributed by atoms with van der Waals surface area (Å²) in [4.78, 5) is 16.8. The molecule has 1 amide bonds. The molecule has 2 N–H and O–H groups in total. The molecule has 3 fully saturated rings. The Morgan fingerprint density at radius 1 is 1.00 bits per heavy atom. The summed E-state index contributed by atoms with van der Waals surface area (Å²) < 4.78 is 0. The summed E-state index contributed by atoms with van der Waals surface area (Å²) in [7, 11) is 0. The summed E-state index contributed by atoms with van der Waals surface area (Å²) in [6.07, 6.45) is 10.2. The van der Waals surface area contributed by atoms with Gasteiger partial charge in [0.2, 0.25) is 5.91 Å². The molecule has 2 heterocycles. The van der Waals surface area contributed by atoms with Gasteiger partial charge in [0, 0.05) is 32.2 Å². The van der Waals surface area contributed by atoms with E-state index in [1.54, 1.807) is 0 Å². The molecule has 114 valence electrons. The van der Waals surface area contributed by atoms with Crippen LogP contribution in [0.4, 0.5) is 0 Å². The summed E-state index contributed by atoms with van der Waals surface area (Å²) in [5, 5.41) is 0. The third-order valence-corrected chi connectivity index (χ3v) is 5.83. The third-order valence-electron chi connectivity index (χ3n) is 5.83. The number of rotatable bonds is 2. The van der Waals surface area contributed by atoms with Gasteiger partial charge >= 0.3 is 0 Å². The Labute approximate surface area is 122 Å². The molecule has 20 heavy (non-hydrogen) atoms. The fourth-order valence-electron chi connectivity index (χ4n) is 4.26. The van der Waals surface area contributed by atoms with E-state index in [0.717, 1.165) is 39.0 Å². The second-order valence-corrected chi connectivity index (χ2v) is 7.20. The van der Waals surface area contributed by atoms with Gasteiger partial charge in [-0.1, -0.05) is 12.8 Å². The van der Waals surface area contributed by atoms with Crippen LogP contribution in [0.3, 0.4) is 0 Å². The topological polar surface area (TPSA) is 49.6 Å². The van der Waals surface area contributed by atoms with Gasteiger partial charge in [-0.05, 0) is 43.9 Å². The zero-order valence-corrected chi connectivity index (χ0v) is 12.6. The van der Waals surface area contributed by atoms with Crippen LogP contribution in [0.15, 0.2) is 0 Å². The van der Waals surface area contributed by atoms with Crippen molar-refractivity contribution in [3.63, 3.8) is 0 Å². The largest absolute Gasteiger partial charge is 0.342 e. The minimum atomic E-state index is 0.341. The highest BCUT2D eigenvalue weighted by molar-refractivity contribution is 5.78. The molecule has 0 bridgehead atoms. The van der Waals surface area contributed by atoms with Crippen molar-refractivity contribution < 1.29 is 4.79 Å². The second-order valence-electron chi connectivity index (χ2n) is 7.20. The average molecular weight is 279 g/mol. The molecule has 2 saturated heterocycles. The highest BCUT2D eigenvalue weighted by Gasteiger charge is 2.38. The van der Waals surface area contributed by atoms with Crippen LogP contribution < -0.4 is 5.73 Å². The van der Waals surface area contributed by atoms with E-state index >= 15 is 0 Å². The summed E-state index contributed by atoms with van der Waals surface area (Å²) in [5.41, 5.74) is 6.52. The molecule has 0 radical (unpaired) electrons. The van der Waals surface area contributed by atoms with Crippen LogP contribution in [0.1, 0.15) is 51.4 Å². The Kier molecular flexibility index (Phi) is 4.32. The summed E-state index contributed by atoms with van der Waals surface area (Å²) >= 11 is 0. The van der Waals surface area contributed by atoms with Crippen LogP contribution in [0, 0.1) is 5.41 Å². The summed E-state index contributed by atoms with van der Waals surface area (Å²) in [6, 6.07) is 0.346. The van der Waals surface area contributed by atoms with Gasteiger partial charge in [0.15, 0.2) is 0 Å². The Balaban J connectivity index is 1.44. The first kappa shape index (κ1) is 14.3. The molecule has 0 atom stereocenters. The van der Waals surface area contributed by atoms with E-state index in [2.05, 4.69) is 9.80 Å². The number of hydrogen-bond acceptors (Lipinski definition) is 3. The predicted molar refractivity (Wildman–Crippen MR) is 80.4 cm³/mol. The monoisotopic (exact) mass is 279 g/mol. The van der Waals surface area contributed by atoms with Crippen molar-refractivity contribution in [2.24, 2.45) is 11.1 Å². The normalized spacial score (nSPS) is 28.1. The van der Waals surface area contributed by atoms with Crippen LogP contribution >= 0.6 is 0 Å². The molecule has 1 saturated carbocycles. The van der Waals surface area contributed by atoms with Gasteiger partial charge in [0.25, 0.3) is 0 Å². The SMILES string of the molecule is NC1CCN(CC(=O)N2CCC3(CCCC3)CC2)CC1. The lowest BCUT2D eigenvalue weighted by Crippen LogP contribution is -2.48. The minimum absolute atomic E-state index is 0.341. The van der Waals surface area contributed by atoms with Crippen molar-refractivity contribution in [3.05, 3.63) is 0 Å². The van der Waals surface area contributed by atoms with Crippen LogP contribution in [-0.2, 0) is 4.79 Å². The number of piperidine rings is 2. The predicted octanol–water partition coefficient (Wildman–Crippen LogP) is 1.59. The van der Waals surface area contributed by atoms with Crippen LogP contribution in [0.25, 0.3) is 0 Å². The molecular formula is C16H29N3O. The van der Waals surface area contributed by atoms with Crippen molar-refractivity contribution in [1.82, 2.24) is 9.80 Å². The van der Waals surface area contributed by atoms with E-state index in [9.17, 15) is 4.79 Å². The average Bonchev–Trinajstić information content (AvgIpc) is 2.90. The van der Waals surface area contributed by atoms with Gasteiger partial charge in [0.05, 0.1) is 6.54 Å². The van der Waals surface area contributed by atoms with E-state index < -0.39 is 0 Å². The van der Waals surface area contributed by atoms with Crippen molar-refractivity contribution >= 4 is 5.91 Å². The van der Waals surface area contributed by atoms with E-state index in [-0.39, 0.29) is 0 Å². The maximum Gasteiger partial charge on any atom is 0.236 e. The highest BCUT2D eigenvalue weighted by atomic mass is 16.2. The van der Waals surface area contributed by atoms with Crippen molar-refractivity contribution in [2.75, 3.05) is 32.7 Å².